The summed E-state index contributed by atoms with van der Waals surface area (Å²) in [6.07, 6.45) is 3.34. The minimum Gasteiger partial charge on any atom is -0.472 e. The Hall–Kier alpha value is -2.10. The van der Waals surface area contributed by atoms with Crippen LogP contribution < -0.4 is 4.74 Å². The Morgan fingerprint density at radius 1 is 1.48 bits per heavy atom. The van der Waals surface area contributed by atoms with Crippen molar-refractivity contribution in [2.24, 2.45) is 5.92 Å². The van der Waals surface area contributed by atoms with Crippen LogP contribution in [0.2, 0.25) is 0 Å². The van der Waals surface area contributed by atoms with Gasteiger partial charge in [0.1, 0.15) is 11.7 Å². The van der Waals surface area contributed by atoms with E-state index >= 15 is 0 Å². The van der Waals surface area contributed by atoms with Gasteiger partial charge < -0.3 is 19.6 Å². The van der Waals surface area contributed by atoms with Crippen LogP contribution in [0, 0.1) is 17.8 Å². The molecule has 0 spiro atoms. The molecule has 1 N–H and O–H groups in total. The van der Waals surface area contributed by atoms with Gasteiger partial charge in [-0.15, -0.1) is 0 Å². The van der Waals surface area contributed by atoms with Gasteiger partial charge in [-0.1, -0.05) is 25.7 Å². The van der Waals surface area contributed by atoms with Gasteiger partial charge in [0.25, 0.3) is 5.91 Å². The first-order valence-electron chi connectivity index (χ1n) is 9.59. The number of likely N-dealkylation sites (N-methyl/N-ethyl adjacent to an activating group) is 1. The van der Waals surface area contributed by atoms with Gasteiger partial charge in [-0.05, 0) is 33.5 Å². The molecular weight excluding hydrogens is 342 g/mol. The molecule has 2 rings (SSSR count). The van der Waals surface area contributed by atoms with Crippen LogP contribution in [0.1, 0.15) is 49.5 Å². The number of carbonyl (C=O) groups is 1. The van der Waals surface area contributed by atoms with E-state index in [1.165, 1.54) is 0 Å². The second kappa shape index (κ2) is 9.72. The highest BCUT2D eigenvalue weighted by Gasteiger charge is 2.33. The Morgan fingerprint density at radius 2 is 2.22 bits per heavy atom. The quantitative estimate of drug-likeness (QED) is 0.800. The molecule has 2 heterocycles. The third-order valence-corrected chi connectivity index (χ3v) is 4.67. The molecule has 1 aromatic heterocycles. The molecule has 0 aliphatic carbocycles. The van der Waals surface area contributed by atoms with E-state index in [1.54, 1.807) is 17.2 Å². The lowest BCUT2D eigenvalue weighted by Crippen LogP contribution is -2.49. The molecule has 6 nitrogen and oxygen atoms in total. The van der Waals surface area contributed by atoms with Crippen molar-refractivity contribution >= 4 is 5.91 Å². The number of aromatic nitrogens is 1. The number of hydrogen-bond acceptors (Lipinski definition) is 5. The van der Waals surface area contributed by atoms with Gasteiger partial charge in [0.05, 0.1) is 12.6 Å². The highest BCUT2D eigenvalue weighted by molar-refractivity contribution is 5.97. The van der Waals surface area contributed by atoms with Gasteiger partial charge in [-0.25, -0.2) is 4.98 Å². The number of amides is 1. The van der Waals surface area contributed by atoms with E-state index in [0.29, 0.717) is 23.6 Å². The molecule has 0 radical (unpaired) electrons. The number of carbonyl (C=O) groups excluding carboxylic acids is 1. The summed E-state index contributed by atoms with van der Waals surface area (Å²) < 4.78 is 6.16. The molecule has 6 heteroatoms. The second-order valence-corrected chi connectivity index (χ2v) is 7.51. The van der Waals surface area contributed by atoms with Gasteiger partial charge >= 0.3 is 0 Å². The van der Waals surface area contributed by atoms with E-state index in [1.807, 2.05) is 21.0 Å². The van der Waals surface area contributed by atoms with Gasteiger partial charge in [0.15, 0.2) is 0 Å². The Labute approximate surface area is 162 Å². The predicted octanol–water partition coefficient (Wildman–Crippen LogP) is 2.01. The Morgan fingerprint density at radius 3 is 2.85 bits per heavy atom. The molecule has 0 fully saturated rings. The number of aliphatic hydroxyl groups is 1. The molecule has 0 saturated carbocycles. The third-order valence-electron chi connectivity index (χ3n) is 4.67. The van der Waals surface area contributed by atoms with Crippen LogP contribution in [0.3, 0.4) is 0 Å². The van der Waals surface area contributed by atoms with Crippen LogP contribution >= 0.6 is 0 Å². The normalized spacial score (nSPS) is 20.9. The van der Waals surface area contributed by atoms with Crippen molar-refractivity contribution in [1.82, 2.24) is 14.8 Å². The number of rotatable bonds is 5. The summed E-state index contributed by atoms with van der Waals surface area (Å²) in [6, 6.07) is 1.48. The van der Waals surface area contributed by atoms with Crippen molar-refractivity contribution < 1.29 is 14.6 Å². The molecule has 0 unspecified atom stereocenters. The van der Waals surface area contributed by atoms with E-state index in [9.17, 15) is 9.90 Å². The zero-order valence-corrected chi connectivity index (χ0v) is 17.0. The minimum atomic E-state index is -0.277. The molecule has 3 atom stereocenters. The summed E-state index contributed by atoms with van der Waals surface area (Å²) in [5.74, 6) is 6.42. The number of aliphatic hydroxyl groups excluding tert-OH is 1. The third kappa shape index (κ3) is 5.44. The molecule has 1 aliphatic rings. The lowest BCUT2D eigenvalue weighted by molar-refractivity contribution is 0.0348. The van der Waals surface area contributed by atoms with Crippen molar-refractivity contribution in [3.63, 3.8) is 0 Å². The van der Waals surface area contributed by atoms with Crippen molar-refractivity contribution in [3.8, 4) is 17.7 Å². The fraction of sp³-hybridized carbons (Fsp3) is 0.619. The number of pyridine rings is 1. The minimum absolute atomic E-state index is 0.0869. The largest absolute Gasteiger partial charge is 0.472 e. The zero-order valence-electron chi connectivity index (χ0n) is 17.0. The molecule has 27 heavy (non-hydrogen) atoms. The molecule has 1 aliphatic heterocycles. The second-order valence-electron chi connectivity index (χ2n) is 7.51. The summed E-state index contributed by atoms with van der Waals surface area (Å²) in [5, 5.41) is 9.64. The average Bonchev–Trinajstić information content (AvgIpc) is 2.64. The van der Waals surface area contributed by atoms with Crippen molar-refractivity contribution in [2.75, 3.05) is 33.8 Å². The molecule has 148 valence electrons. The fourth-order valence-electron chi connectivity index (χ4n) is 3.04. The maximum absolute atomic E-state index is 13.2. The van der Waals surface area contributed by atoms with Crippen molar-refractivity contribution in [3.05, 3.63) is 23.4 Å². The van der Waals surface area contributed by atoms with E-state index in [0.717, 1.165) is 19.4 Å². The van der Waals surface area contributed by atoms with Crippen LogP contribution in [-0.4, -0.2) is 71.7 Å². The van der Waals surface area contributed by atoms with Gasteiger partial charge in [0, 0.05) is 37.2 Å². The maximum Gasteiger partial charge on any atom is 0.259 e. The van der Waals surface area contributed by atoms with Crippen LogP contribution in [0.5, 0.6) is 5.88 Å². The summed E-state index contributed by atoms with van der Waals surface area (Å²) in [5.41, 5.74) is 1.11. The first kappa shape index (κ1) is 21.2. The zero-order chi connectivity index (χ0) is 20.0. The molecule has 1 amide bonds. The van der Waals surface area contributed by atoms with Gasteiger partial charge in [0.2, 0.25) is 5.88 Å². The topological polar surface area (TPSA) is 65.9 Å². The standard InChI is InChI=1S/C21H31N3O3/c1-6-7-8-9-17-10-18-20(22-11-17)27-19(13-23(4)5)15(2)12-24(21(18)26)16(3)14-25/h10-11,15-16,19,25H,6-7,12-14H2,1-5H3/t15-,16-,19+/m0/s1. The first-order chi connectivity index (χ1) is 12.9. The van der Waals surface area contributed by atoms with E-state index < -0.39 is 0 Å². The number of fused-ring (bicyclic) bond motifs is 1. The Kier molecular flexibility index (Phi) is 7.64. The highest BCUT2D eigenvalue weighted by Crippen LogP contribution is 2.27. The maximum atomic E-state index is 13.2. The van der Waals surface area contributed by atoms with Crippen LogP contribution in [-0.2, 0) is 0 Å². The summed E-state index contributed by atoms with van der Waals surface area (Å²) >= 11 is 0. The van der Waals surface area contributed by atoms with E-state index in [-0.39, 0.29) is 30.6 Å². The lowest BCUT2D eigenvalue weighted by atomic mass is 10.00. The SMILES string of the molecule is CCCC#Cc1cnc2c(c1)C(=O)N([C@@H](C)CO)C[C@H](C)[C@@H](CN(C)C)O2. The molecular formula is C21H31N3O3. The number of nitrogens with zero attached hydrogens (tertiary/aromatic N) is 3. The van der Waals surface area contributed by atoms with Gasteiger partial charge in [-0.3, -0.25) is 4.79 Å². The number of ether oxygens (including phenoxy) is 1. The average molecular weight is 373 g/mol. The lowest BCUT2D eigenvalue weighted by Gasteiger charge is -2.37. The fourth-order valence-corrected chi connectivity index (χ4v) is 3.04. The molecule has 0 aromatic carbocycles. The molecule has 0 saturated heterocycles. The molecule has 0 bridgehead atoms. The Bertz CT molecular complexity index is 708. The summed E-state index contributed by atoms with van der Waals surface area (Å²) in [6.45, 7) is 7.14. The first-order valence-corrected chi connectivity index (χ1v) is 9.59. The summed E-state index contributed by atoms with van der Waals surface area (Å²) in [7, 11) is 3.99. The molecule has 1 aromatic rings. The highest BCUT2D eigenvalue weighted by atomic mass is 16.5. The number of unbranched alkanes of at least 4 members (excludes halogenated alkanes) is 1. The van der Waals surface area contributed by atoms with Crippen LogP contribution in [0.4, 0.5) is 0 Å². The van der Waals surface area contributed by atoms with E-state index in [2.05, 4.69) is 35.6 Å². The van der Waals surface area contributed by atoms with Crippen LogP contribution in [0.25, 0.3) is 0 Å². The van der Waals surface area contributed by atoms with E-state index in [4.69, 9.17) is 4.74 Å². The van der Waals surface area contributed by atoms with Crippen molar-refractivity contribution in [2.45, 2.75) is 45.8 Å². The van der Waals surface area contributed by atoms with Crippen LogP contribution in [0.15, 0.2) is 12.3 Å². The Balaban J connectivity index is 2.46. The monoisotopic (exact) mass is 373 g/mol. The smallest absolute Gasteiger partial charge is 0.259 e. The predicted molar refractivity (Wildman–Crippen MR) is 106 cm³/mol. The van der Waals surface area contributed by atoms with Crippen molar-refractivity contribution in [1.29, 1.82) is 0 Å². The summed E-state index contributed by atoms with van der Waals surface area (Å²) in [4.78, 5) is 21.4. The number of hydrogen-bond donors (Lipinski definition) is 1. The van der Waals surface area contributed by atoms with Gasteiger partial charge in [-0.2, -0.15) is 0 Å².